The van der Waals surface area contributed by atoms with Crippen LogP contribution in [0.2, 0.25) is 0 Å². The summed E-state index contributed by atoms with van der Waals surface area (Å²) in [6, 6.07) is 11.9. The number of nitrogens with zero attached hydrogens (tertiary/aromatic N) is 2. The molecule has 2 aromatic rings. The molecule has 4 heteroatoms. The molecule has 4 nitrogen and oxygen atoms in total. The van der Waals surface area contributed by atoms with Crippen LogP contribution in [0.25, 0.3) is 0 Å². The number of hydrogen-bond donors (Lipinski definition) is 1. The number of carbonyl (C=O) groups is 1. The number of pyridine rings is 1. The van der Waals surface area contributed by atoms with Crippen LogP contribution in [0.5, 0.6) is 0 Å². The van der Waals surface area contributed by atoms with Gasteiger partial charge in [0.05, 0.1) is 0 Å². The zero-order chi connectivity index (χ0) is 15.1. The van der Waals surface area contributed by atoms with E-state index in [-0.39, 0.29) is 6.03 Å². The average molecular weight is 283 g/mol. The van der Waals surface area contributed by atoms with Gasteiger partial charge in [0.2, 0.25) is 0 Å². The maximum atomic E-state index is 12.3. The molecule has 2 amide bonds. The van der Waals surface area contributed by atoms with Gasteiger partial charge in [-0.05, 0) is 36.6 Å². The van der Waals surface area contributed by atoms with Crippen molar-refractivity contribution in [3.8, 4) is 0 Å². The maximum Gasteiger partial charge on any atom is 0.317 e. The summed E-state index contributed by atoms with van der Waals surface area (Å²) in [6.45, 7) is 5.85. The Morgan fingerprint density at radius 1 is 1.24 bits per heavy atom. The molecule has 0 radical (unpaired) electrons. The third-order valence-electron chi connectivity index (χ3n) is 3.46. The van der Waals surface area contributed by atoms with Crippen LogP contribution in [0.15, 0.2) is 48.8 Å². The van der Waals surface area contributed by atoms with Crippen molar-refractivity contribution >= 4 is 6.03 Å². The molecule has 1 N–H and O–H groups in total. The first-order valence-corrected chi connectivity index (χ1v) is 7.17. The highest BCUT2D eigenvalue weighted by Crippen LogP contribution is 2.10. The molecular formula is C17H21N3O. The van der Waals surface area contributed by atoms with Gasteiger partial charge in [0, 0.05) is 32.0 Å². The van der Waals surface area contributed by atoms with Crippen molar-refractivity contribution in [2.75, 3.05) is 6.54 Å². The first-order chi connectivity index (χ1) is 10.2. The lowest BCUT2D eigenvalue weighted by molar-refractivity contribution is 0.197. The van der Waals surface area contributed by atoms with Crippen LogP contribution in [-0.2, 0) is 13.1 Å². The highest BCUT2D eigenvalue weighted by atomic mass is 16.2. The number of nitrogens with one attached hydrogen (secondary N) is 1. The SMILES string of the molecule is CCN(Cc1ccccc1C)C(=O)NCc1cccnc1. The predicted octanol–water partition coefficient (Wildman–Crippen LogP) is 3.12. The van der Waals surface area contributed by atoms with Gasteiger partial charge in [0.25, 0.3) is 0 Å². The minimum Gasteiger partial charge on any atom is -0.334 e. The summed E-state index contributed by atoms with van der Waals surface area (Å²) in [4.78, 5) is 18.1. The van der Waals surface area contributed by atoms with Gasteiger partial charge >= 0.3 is 6.03 Å². The fourth-order valence-electron chi connectivity index (χ4n) is 2.11. The van der Waals surface area contributed by atoms with Crippen LogP contribution in [0, 0.1) is 6.92 Å². The minimum atomic E-state index is -0.0513. The lowest BCUT2D eigenvalue weighted by atomic mass is 10.1. The lowest BCUT2D eigenvalue weighted by Crippen LogP contribution is -2.39. The van der Waals surface area contributed by atoms with E-state index in [2.05, 4.69) is 29.4 Å². The molecule has 1 heterocycles. The van der Waals surface area contributed by atoms with Crippen molar-refractivity contribution < 1.29 is 4.79 Å². The molecule has 0 aliphatic carbocycles. The fraction of sp³-hybridized carbons (Fsp3) is 0.294. The highest BCUT2D eigenvalue weighted by molar-refractivity contribution is 5.74. The second-order valence-corrected chi connectivity index (χ2v) is 4.96. The molecule has 0 aliphatic rings. The number of aromatic nitrogens is 1. The summed E-state index contributed by atoms with van der Waals surface area (Å²) in [7, 11) is 0. The van der Waals surface area contributed by atoms with Crippen molar-refractivity contribution in [2.24, 2.45) is 0 Å². The molecule has 0 saturated carbocycles. The van der Waals surface area contributed by atoms with Crippen molar-refractivity contribution in [3.63, 3.8) is 0 Å². The number of carbonyl (C=O) groups excluding carboxylic acids is 1. The van der Waals surface area contributed by atoms with E-state index in [1.54, 1.807) is 17.3 Å². The Bertz CT molecular complexity index is 584. The molecule has 0 unspecified atom stereocenters. The van der Waals surface area contributed by atoms with E-state index in [4.69, 9.17) is 0 Å². The smallest absolute Gasteiger partial charge is 0.317 e. The van der Waals surface area contributed by atoms with E-state index in [1.807, 2.05) is 31.2 Å². The van der Waals surface area contributed by atoms with Gasteiger partial charge < -0.3 is 10.2 Å². The number of rotatable bonds is 5. The molecule has 0 aliphatic heterocycles. The first-order valence-electron chi connectivity index (χ1n) is 7.17. The first kappa shape index (κ1) is 15.0. The Morgan fingerprint density at radius 3 is 2.71 bits per heavy atom. The second kappa shape index (κ2) is 7.43. The fourth-order valence-corrected chi connectivity index (χ4v) is 2.11. The molecule has 0 saturated heterocycles. The van der Waals surface area contributed by atoms with Gasteiger partial charge in [-0.1, -0.05) is 30.3 Å². The molecular weight excluding hydrogens is 262 g/mol. The summed E-state index contributed by atoms with van der Waals surface area (Å²) >= 11 is 0. The number of hydrogen-bond acceptors (Lipinski definition) is 2. The maximum absolute atomic E-state index is 12.3. The largest absolute Gasteiger partial charge is 0.334 e. The summed E-state index contributed by atoms with van der Waals surface area (Å²) in [5.74, 6) is 0. The molecule has 0 spiro atoms. The summed E-state index contributed by atoms with van der Waals surface area (Å²) < 4.78 is 0. The molecule has 2 rings (SSSR count). The summed E-state index contributed by atoms with van der Waals surface area (Å²) in [5.41, 5.74) is 3.38. The van der Waals surface area contributed by atoms with E-state index in [9.17, 15) is 4.79 Å². The van der Waals surface area contributed by atoms with E-state index < -0.39 is 0 Å². The summed E-state index contributed by atoms with van der Waals surface area (Å²) in [6.07, 6.45) is 3.49. The Kier molecular flexibility index (Phi) is 5.32. The topological polar surface area (TPSA) is 45.2 Å². The van der Waals surface area contributed by atoms with Crippen molar-refractivity contribution in [3.05, 3.63) is 65.5 Å². The third-order valence-corrected chi connectivity index (χ3v) is 3.46. The normalized spacial score (nSPS) is 10.2. The highest BCUT2D eigenvalue weighted by Gasteiger charge is 2.12. The Morgan fingerprint density at radius 2 is 2.05 bits per heavy atom. The van der Waals surface area contributed by atoms with Gasteiger partial charge in [0.1, 0.15) is 0 Å². The van der Waals surface area contributed by atoms with Gasteiger partial charge in [-0.2, -0.15) is 0 Å². The monoisotopic (exact) mass is 283 g/mol. The van der Waals surface area contributed by atoms with E-state index in [1.165, 1.54) is 11.1 Å². The molecule has 0 bridgehead atoms. The standard InChI is InChI=1S/C17H21N3O/c1-3-20(13-16-9-5-4-7-14(16)2)17(21)19-12-15-8-6-10-18-11-15/h4-11H,3,12-13H2,1-2H3,(H,19,21). The number of urea groups is 1. The van der Waals surface area contributed by atoms with Gasteiger partial charge in [-0.15, -0.1) is 0 Å². The zero-order valence-electron chi connectivity index (χ0n) is 12.5. The number of aryl methyl sites for hydroxylation is 1. The van der Waals surface area contributed by atoms with Crippen LogP contribution in [0.3, 0.4) is 0 Å². The van der Waals surface area contributed by atoms with Crippen LogP contribution < -0.4 is 5.32 Å². The van der Waals surface area contributed by atoms with Gasteiger partial charge in [-0.3, -0.25) is 4.98 Å². The minimum absolute atomic E-state index is 0.0513. The van der Waals surface area contributed by atoms with E-state index >= 15 is 0 Å². The summed E-state index contributed by atoms with van der Waals surface area (Å²) in [5, 5.41) is 2.94. The zero-order valence-corrected chi connectivity index (χ0v) is 12.5. The Hall–Kier alpha value is -2.36. The van der Waals surface area contributed by atoms with Crippen LogP contribution >= 0.6 is 0 Å². The average Bonchev–Trinajstić information content (AvgIpc) is 2.53. The van der Waals surface area contributed by atoms with E-state index in [0.29, 0.717) is 19.6 Å². The molecule has 0 atom stereocenters. The molecule has 1 aromatic heterocycles. The molecule has 1 aromatic carbocycles. The Balaban J connectivity index is 1.94. The van der Waals surface area contributed by atoms with Gasteiger partial charge in [-0.25, -0.2) is 4.79 Å². The number of amides is 2. The van der Waals surface area contributed by atoms with Crippen LogP contribution in [0.1, 0.15) is 23.6 Å². The third kappa shape index (κ3) is 4.31. The second-order valence-electron chi connectivity index (χ2n) is 4.96. The van der Waals surface area contributed by atoms with Crippen LogP contribution in [0.4, 0.5) is 4.79 Å². The lowest BCUT2D eigenvalue weighted by Gasteiger charge is -2.22. The molecule has 110 valence electrons. The number of benzene rings is 1. The van der Waals surface area contributed by atoms with Crippen molar-refractivity contribution in [1.82, 2.24) is 15.2 Å². The Labute approximate surface area is 125 Å². The van der Waals surface area contributed by atoms with Crippen molar-refractivity contribution in [2.45, 2.75) is 26.9 Å². The van der Waals surface area contributed by atoms with Gasteiger partial charge in [0.15, 0.2) is 0 Å². The van der Waals surface area contributed by atoms with Crippen LogP contribution in [-0.4, -0.2) is 22.5 Å². The predicted molar refractivity (Wildman–Crippen MR) is 83.7 cm³/mol. The molecule has 21 heavy (non-hydrogen) atoms. The van der Waals surface area contributed by atoms with E-state index in [0.717, 1.165) is 5.56 Å². The van der Waals surface area contributed by atoms with Crippen molar-refractivity contribution in [1.29, 1.82) is 0 Å². The quantitative estimate of drug-likeness (QED) is 0.916. The molecule has 0 fully saturated rings.